The first-order valence-electron chi connectivity index (χ1n) is 12.3. The predicted molar refractivity (Wildman–Crippen MR) is 137 cm³/mol. The summed E-state index contributed by atoms with van der Waals surface area (Å²) in [5, 5.41) is 4.00. The van der Waals surface area contributed by atoms with Crippen LogP contribution < -0.4 is 4.72 Å². The molecule has 1 N–H and O–H groups in total. The molecule has 4 rings (SSSR count). The molecular formula is C27H33F2N3O4S. The zero-order valence-corrected chi connectivity index (χ0v) is 22.6. The second-order valence-electron chi connectivity index (χ2n) is 10.4. The standard InChI is InChI=1S/C27H33F2N3O4S/c1-6-35-16-24-25(27(3,4)5)36-30-26(24)31-37(33,34)23-8-7-18-9-10-32(15-20(18)13-23)17(2)19-11-21(28)14-22(29)12-19/h7-8,11-14,17H,6,9-10,15-16H2,1-5H3,(H,30,31)/t17-/m1/s1. The van der Waals surface area contributed by atoms with Crippen LogP contribution in [0.15, 0.2) is 45.8 Å². The lowest BCUT2D eigenvalue weighted by Crippen LogP contribution is -2.33. The van der Waals surface area contributed by atoms with E-state index in [4.69, 9.17) is 9.26 Å². The number of hydrogen-bond acceptors (Lipinski definition) is 6. The van der Waals surface area contributed by atoms with Crippen molar-refractivity contribution in [3.05, 3.63) is 76.0 Å². The Morgan fingerprint density at radius 2 is 1.84 bits per heavy atom. The summed E-state index contributed by atoms with van der Waals surface area (Å²) in [7, 11) is -3.97. The third-order valence-corrected chi connectivity index (χ3v) is 7.93. The maximum atomic E-state index is 13.8. The first-order chi connectivity index (χ1) is 17.4. The molecule has 0 fully saturated rings. The van der Waals surface area contributed by atoms with Crippen LogP contribution in [0.2, 0.25) is 0 Å². The van der Waals surface area contributed by atoms with Gasteiger partial charge in [-0.05, 0) is 61.2 Å². The Labute approximate surface area is 216 Å². The van der Waals surface area contributed by atoms with Crippen molar-refractivity contribution in [1.82, 2.24) is 10.1 Å². The number of rotatable bonds is 8. The van der Waals surface area contributed by atoms with E-state index in [0.717, 1.165) is 17.2 Å². The number of fused-ring (bicyclic) bond motifs is 1. The molecule has 0 amide bonds. The monoisotopic (exact) mass is 533 g/mol. The number of hydrogen-bond donors (Lipinski definition) is 1. The number of benzene rings is 2. The van der Waals surface area contributed by atoms with Gasteiger partial charge in [0.25, 0.3) is 10.0 Å². The van der Waals surface area contributed by atoms with Crippen molar-refractivity contribution in [2.24, 2.45) is 0 Å². The van der Waals surface area contributed by atoms with Gasteiger partial charge in [-0.1, -0.05) is 32.0 Å². The average Bonchev–Trinajstić information content (AvgIpc) is 3.23. The maximum absolute atomic E-state index is 13.8. The van der Waals surface area contributed by atoms with Crippen LogP contribution in [0.3, 0.4) is 0 Å². The first-order valence-corrected chi connectivity index (χ1v) is 13.8. The number of halogens is 2. The molecule has 1 atom stereocenters. The molecule has 0 radical (unpaired) electrons. The van der Waals surface area contributed by atoms with Gasteiger partial charge in [0.05, 0.1) is 17.1 Å². The second-order valence-corrected chi connectivity index (χ2v) is 12.0. The van der Waals surface area contributed by atoms with Crippen LogP contribution in [0.4, 0.5) is 14.6 Å². The van der Waals surface area contributed by atoms with E-state index in [2.05, 4.69) is 14.8 Å². The summed E-state index contributed by atoms with van der Waals surface area (Å²) < 4.78 is 67.9. The number of aromatic nitrogens is 1. The first kappa shape index (κ1) is 27.2. The normalized spacial score (nSPS) is 15.4. The third kappa shape index (κ3) is 6.02. The Kier molecular flexibility index (Phi) is 7.73. The van der Waals surface area contributed by atoms with Crippen LogP contribution in [0, 0.1) is 11.6 Å². The van der Waals surface area contributed by atoms with Gasteiger partial charge in [0, 0.05) is 37.2 Å². The van der Waals surface area contributed by atoms with Crippen molar-refractivity contribution in [3.63, 3.8) is 0 Å². The molecular weight excluding hydrogens is 500 g/mol. The van der Waals surface area contributed by atoms with Gasteiger partial charge in [-0.25, -0.2) is 17.2 Å². The number of anilines is 1. The van der Waals surface area contributed by atoms with Crippen molar-refractivity contribution >= 4 is 15.8 Å². The fourth-order valence-electron chi connectivity index (χ4n) is 4.58. The molecule has 2 heterocycles. The molecule has 1 aliphatic rings. The Morgan fingerprint density at radius 3 is 2.49 bits per heavy atom. The molecule has 1 aliphatic heterocycles. The van der Waals surface area contributed by atoms with Gasteiger partial charge in [0.15, 0.2) is 5.82 Å². The SMILES string of the molecule is CCOCc1c(NS(=O)(=O)c2ccc3c(c2)CN([C@H](C)c2cc(F)cc(F)c2)CC3)noc1C(C)(C)C. The van der Waals surface area contributed by atoms with E-state index < -0.39 is 21.7 Å². The average molecular weight is 534 g/mol. The Hall–Kier alpha value is -2.82. The van der Waals surface area contributed by atoms with Crippen LogP contribution in [-0.2, 0) is 39.7 Å². The molecule has 1 aromatic heterocycles. The largest absolute Gasteiger partial charge is 0.377 e. The van der Waals surface area contributed by atoms with Crippen molar-refractivity contribution in [2.45, 2.75) is 70.5 Å². The summed E-state index contributed by atoms with van der Waals surface area (Å²) in [6, 6.07) is 8.31. The predicted octanol–water partition coefficient (Wildman–Crippen LogP) is 5.71. The molecule has 0 saturated heterocycles. The Balaban J connectivity index is 1.59. The lowest BCUT2D eigenvalue weighted by atomic mass is 9.90. The van der Waals surface area contributed by atoms with E-state index >= 15 is 0 Å². The van der Waals surface area contributed by atoms with Crippen molar-refractivity contribution in [3.8, 4) is 0 Å². The van der Waals surface area contributed by atoms with E-state index in [1.165, 1.54) is 12.1 Å². The van der Waals surface area contributed by atoms with E-state index in [0.29, 0.717) is 43.0 Å². The van der Waals surface area contributed by atoms with Gasteiger partial charge in [0.1, 0.15) is 17.4 Å². The Morgan fingerprint density at radius 1 is 1.14 bits per heavy atom. The summed E-state index contributed by atoms with van der Waals surface area (Å²) in [6.07, 6.45) is 0.696. The molecule has 0 saturated carbocycles. The summed E-state index contributed by atoms with van der Waals surface area (Å²) in [5.74, 6) is -0.572. The fourth-order valence-corrected chi connectivity index (χ4v) is 5.66. The van der Waals surface area contributed by atoms with Gasteiger partial charge >= 0.3 is 0 Å². The molecule has 10 heteroatoms. The zero-order valence-electron chi connectivity index (χ0n) is 21.8. The highest BCUT2D eigenvalue weighted by atomic mass is 32.2. The van der Waals surface area contributed by atoms with Gasteiger partial charge in [0.2, 0.25) is 0 Å². The molecule has 7 nitrogen and oxygen atoms in total. The quantitative estimate of drug-likeness (QED) is 0.400. The minimum atomic E-state index is -3.97. The van der Waals surface area contributed by atoms with Crippen LogP contribution in [0.1, 0.15) is 68.7 Å². The highest BCUT2D eigenvalue weighted by Gasteiger charge is 2.30. The summed E-state index contributed by atoms with van der Waals surface area (Å²) in [6.45, 7) is 11.4. The van der Waals surface area contributed by atoms with Gasteiger partial charge in [-0.3, -0.25) is 9.62 Å². The van der Waals surface area contributed by atoms with Crippen LogP contribution in [-0.4, -0.2) is 31.6 Å². The van der Waals surface area contributed by atoms with Crippen molar-refractivity contribution < 1.29 is 26.5 Å². The molecule has 3 aromatic rings. The minimum Gasteiger partial charge on any atom is -0.377 e. The van der Waals surface area contributed by atoms with Gasteiger partial charge < -0.3 is 9.26 Å². The lowest BCUT2D eigenvalue weighted by Gasteiger charge is -2.34. The molecule has 2 aromatic carbocycles. The van der Waals surface area contributed by atoms with Gasteiger partial charge in [-0.15, -0.1) is 0 Å². The smallest absolute Gasteiger partial charge is 0.263 e. The van der Waals surface area contributed by atoms with Crippen LogP contribution in [0.25, 0.3) is 0 Å². The number of ether oxygens (including phenoxy) is 1. The van der Waals surface area contributed by atoms with Gasteiger partial charge in [-0.2, -0.15) is 0 Å². The summed E-state index contributed by atoms with van der Waals surface area (Å²) in [5.41, 5.74) is 2.61. The number of nitrogens with one attached hydrogen (secondary N) is 1. The zero-order chi connectivity index (χ0) is 27.0. The highest BCUT2D eigenvalue weighted by Crippen LogP contribution is 2.33. The molecule has 0 spiro atoms. The number of nitrogens with zero attached hydrogens (tertiary/aromatic N) is 2. The summed E-state index contributed by atoms with van der Waals surface area (Å²) >= 11 is 0. The fraction of sp³-hybridized carbons (Fsp3) is 0.444. The molecule has 0 aliphatic carbocycles. The molecule has 0 unspecified atom stereocenters. The van der Waals surface area contributed by atoms with Crippen LogP contribution >= 0.6 is 0 Å². The van der Waals surface area contributed by atoms with E-state index in [1.807, 2.05) is 40.7 Å². The number of sulfonamides is 1. The van der Waals surface area contributed by atoms with E-state index in [-0.39, 0.29) is 28.8 Å². The summed E-state index contributed by atoms with van der Waals surface area (Å²) in [4.78, 5) is 2.17. The minimum absolute atomic E-state index is 0.0974. The van der Waals surface area contributed by atoms with Crippen molar-refractivity contribution in [2.75, 3.05) is 17.9 Å². The molecule has 37 heavy (non-hydrogen) atoms. The molecule has 200 valence electrons. The second kappa shape index (κ2) is 10.5. The van der Waals surface area contributed by atoms with Crippen LogP contribution in [0.5, 0.6) is 0 Å². The lowest BCUT2D eigenvalue weighted by molar-refractivity contribution is 0.131. The maximum Gasteiger partial charge on any atom is 0.263 e. The van der Waals surface area contributed by atoms with E-state index in [1.54, 1.807) is 12.1 Å². The highest BCUT2D eigenvalue weighted by molar-refractivity contribution is 7.92. The van der Waals surface area contributed by atoms with Crippen molar-refractivity contribution in [1.29, 1.82) is 0 Å². The van der Waals surface area contributed by atoms with E-state index in [9.17, 15) is 17.2 Å². The molecule has 0 bridgehead atoms. The topological polar surface area (TPSA) is 84.7 Å². The third-order valence-electron chi connectivity index (χ3n) is 6.60. The Bertz CT molecular complexity index is 1360.